The summed E-state index contributed by atoms with van der Waals surface area (Å²) in [7, 11) is 0. The van der Waals surface area contributed by atoms with Gasteiger partial charge in [-0.05, 0) is 51.0 Å². The van der Waals surface area contributed by atoms with Gasteiger partial charge in [0.05, 0.1) is 11.3 Å². The molecular weight excluding hydrogens is 358 g/mol. The minimum absolute atomic E-state index is 0.103. The maximum atomic E-state index is 12.2. The number of aromatic nitrogens is 1. The first-order chi connectivity index (χ1) is 13.5. The Bertz CT molecular complexity index is 788. The van der Waals surface area contributed by atoms with E-state index in [2.05, 4.69) is 15.8 Å². The quantitative estimate of drug-likeness (QED) is 0.682. The van der Waals surface area contributed by atoms with Crippen LogP contribution in [0.1, 0.15) is 53.1 Å². The fourth-order valence-electron chi connectivity index (χ4n) is 3.36. The predicted octanol–water partition coefficient (Wildman–Crippen LogP) is 2.91. The topological polar surface area (TPSA) is 93.5 Å². The zero-order valence-electron chi connectivity index (χ0n) is 16.4. The summed E-state index contributed by atoms with van der Waals surface area (Å²) in [5, 5.41) is 9.61. The summed E-state index contributed by atoms with van der Waals surface area (Å²) in [6.45, 7) is 4.94. The van der Waals surface area contributed by atoms with Crippen LogP contribution in [-0.2, 0) is 11.4 Å². The molecule has 0 bridgehead atoms. The van der Waals surface area contributed by atoms with Crippen molar-refractivity contribution >= 4 is 11.8 Å². The molecule has 0 aliphatic heterocycles. The molecule has 0 saturated heterocycles. The molecule has 0 atom stereocenters. The lowest BCUT2D eigenvalue weighted by atomic mass is 10.1. The zero-order valence-corrected chi connectivity index (χ0v) is 16.4. The van der Waals surface area contributed by atoms with E-state index in [1.807, 2.05) is 13.8 Å². The fraction of sp³-hybridized carbons (Fsp3) is 0.476. The van der Waals surface area contributed by atoms with E-state index in [1.54, 1.807) is 24.3 Å². The van der Waals surface area contributed by atoms with Gasteiger partial charge in [0.1, 0.15) is 18.1 Å². The van der Waals surface area contributed by atoms with Crippen molar-refractivity contribution < 1.29 is 18.8 Å². The van der Waals surface area contributed by atoms with Crippen LogP contribution in [0, 0.1) is 19.8 Å². The van der Waals surface area contributed by atoms with Gasteiger partial charge >= 0.3 is 0 Å². The van der Waals surface area contributed by atoms with Gasteiger partial charge in [-0.2, -0.15) is 0 Å². The lowest BCUT2D eigenvalue weighted by Crippen LogP contribution is -2.37. The molecule has 28 heavy (non-hydrogen) atoms. The number of carbonyl (C=O) groups is 2. The first kappa shape index (κ1) is 19.9. The van der Waals surface area contributed by atoms with Crippen molar-refractivity contribution in [3.8, 4) is 5.75 Å². The van der Waals surface area contributed by atoms with E-state index >= 15 is 0 Å². The number of benzene rings is 1. The third-order valence-corrected chi connectivity index (χ3v) is 5.12. The number of nitrogens with one attached hydrogen (secondary N) is 2. The summed E-state index contributed by atoms with van der Waals surface area (Å²) < 4.78 is 10.9. The van der Waals surface area contributed by atoms with Gasteiger partial charge in [-0.3, -0.25) is 9.59 Å². The molecule has 1 heterocycles. The molecule has 1 fully saturated rings. The molecule has 1 aliphatic rings. The van der Waals surface area contributed by atoms with Gasteiger partial charge in [-0.25, -0.2) is 0 Å². The van der Waals surface area contributed by atoms with Gasteiger partial charge in [-0.1, -0.05) is 18.0 Å². The van der Waals surface area contributed by atoms with Crippen molar-refractivity contribution in [2.24, 2.45) is 5.92 Å². The summed E-state index contributed by atoms with van der Waals surface area (Å²) in [4.78, 5) is 24.1. The van der Waals surface area contributed by atoms with Gasteiger partial charge in [0.15, 0.2) is 0 Å². The molecule has 0 radical (unpaired) electrons. The second-order valence-electron chi connectivity index (χ2n) is 7.14. The highest BCUT2D eigenvalue weighted by Crippen LogP contribution is 2.24. The number of hydrogen-bond acceptors (Lipinski definition) is 5. The molecule has 2 amide bonds. The van der Waals surface area contributed by atoms with Gasteiger partial charge in [-0.15, -0.1) is 0 Å². The number of rotatable bonds is 8. The Kier molecular flexibility index (Phi) is 6.68. The second kappa shape index (κ2) is 9.39. The van der Waals surface area contributed by atoms with Crippen molar-refractivity contribution in [3.05, 3.63) is 46.8 Å². The predicted molar refractivity (Wildman–Crippen MR) is 104 cm³/mol. The van der Waals surface area contributed by atoms with E-state index < -0.39 is 0 Å². The highest BCUT2D eigenvalue weighted by molar-refractivity contribution is 5.94. The Labute approximate surface area is 164 Å². The van der Waals surface area contributed by atoms with Crippen LogP contribution in [0.3, 0.4) is 0 Å². The Morgan fingerprint density at radius 1 is 1.11 bits per heavy atom. The summed E-state index contributed by atoms with van der Waals surface area (Å²) in [5.41, 5.74) is 2.29. The van der Waals surface area contributed by atoms with Gasteiger partial charge in [0.2, 0.25) is 5.91 Å². The van der Waals surface area contributed by atoms with E-state index in [0.29, 0.717) is 31.0 Å². The van der Waals surface area contributed by atoms with Gasteiger partial charge < -0.3 is 19.9 Å². The summed E-state index contributed by atoms with van der Waals surface area (Å²) in [6, 6.07) is 6.95. The molecule has 1 saturated carbocycles. The molecule has 2 N–H and O–H groups in total. The standard InChI is InChI=1S/C21H27N3O4/c1-14-19(15(2)28-24-14)13-27-18-9-7-17(8-10-18)21(26)23-12-11-22-20(25)16-5-3-4-6-16/h7-10,16H,3-6,11-13H2,1-2H3,(H,22,25)(H,23,26). The minimum Gasteiger partial charge on any atom is -0.489 e. The highest BCUT2D eigenvalue weighted by atomic mass is 16.5. The summed E-state index contributed by atoms with van der Waals surface area (Å²) >= 11 is 0. The molecule has 7 nitrogen and oxygen atoms in total. The fourth-order valence-corrected chi connectivity index (χ4v) is 3.36. The molecule has 1 aromatic carbocycles. The van der Waals surface area contributed by atoms with Crippen LogP contribution in [0.15, 0.2) is 28.8 Å². The SMILES string of the molecule is Cc1noc(C)c1COc1ccc(C(=O)NCCNC(=O)C2CCCC2)cc1. The third-order valence-electron chi connectivity index (χ3n) is 5.12. The smallest absolute Gasteiger partial charge is 0.251 e. The average Bonchev–Trinajstić information content (AvgIpc) is 3.34. The number of ether oxygens (including phenoxy) is 1. The Morgan fingerprint density at radius 2 is 1.79 bits per heavy atom. The molecule has 3 rings (SSSR count). The molecule has 1 aliphatic carbocycles. The second-order valence-corrected chi connectivity index (χ2v) is 7.14. The highest BCUT2D eigenvalue weighted by Gasteiger charge is 2.21. The Morgan fingerprint density at radius 3 is 2.43 bits per heavy atom. The van der Waals surface area contributed by atoms with E-state index in [4.69, 9.17) is 9.26 Å². The van der Waals surface area contributed by atoms with Crippen molar-refractivity contribution in [1.82, 2.24) is 15.8 Å². The molecule has 150 valence electrons. The van der Waals surface area contributed by atoms with E-state index in [0.717, 1.165) is 42.7 Å². The Hall–Kier alpha value is -2.83. The maximum Gasteiger partial charge on any atom is 0.251 e. The first-order valence-corrected chi connectivity index (χ1v) is 9.75. The average molecular weight is 385 g/mol. The normalized spacial score (nSPS) is 14.1. The maximum absolute atomic E-state index is 12.2. The largest absolute Gasteiger partial charge is 0.489 e. The Balaban J connectivity index is 1.40. The molecule has 7 heteroatoms. The van der Waals surface area contributed by atoms with Gasteiger partial charge in [0.25, 0.3) is 5.91 Å². The summed E-state index contributed by atoms with van der Waals surface area (Å²) in [5.74, 6) is 1.49. The molecular formula is C21H27N3O4. The minimum atomic E-state index is -0.174. The van der Waals surface area contributed by atoms with Crippen LogP contribution >= 0.6 is 0 Å². The van der Waals surface area contributed by atoms with Crippen LogP contribution < -0.4 is 15.4 Å². The van der Waals surface area contributed by atoms with Crippen LogP contribution in [-0.4, -0.2) is 30.1 Å². The van der Waals surface area contributed by atoms with E-state index in [1.165, 1.54) is 0 Å². The number of amides is 2. The molecule has 2 aromatic rings. The van der Waals surface area contributed by atoms with E-state index in [9.17, 15) is 9.59 Å². The number of carbonyl (C=O) groups excluding carboxylic acids is 2. The van der Waals surface area contributed by atoms with Crippen molar-refractivity contribution in [2.75, 3.05) is 13.1 Å². The van der Waals surface area contributed by atoms with Crippen LogP contribution in [0.25, 0.3) is 0 Å². The number of aryl methyl sites for hydroxylation is 2. The lowest BCUT2D eigenvalue weighted by molar-refractivity contribution is -0.124. The van der Waals surface area contributed by atoms with Crippen molar-refractivity contribution in [1.29, 1.82) is 0 Å². The first-order valence-electron chi connectivity index (χ1n) is 9.75. The lowest BCUT2D eigenvalue weighted by Gasteiger charge is -2.11. The number of nitrogens with zero attached hydrogens (tertiary/aromatic N) is 1. The van der Waals surface area contributed by atoms with Crippen LogP contribution in [0.5, 0.6) is 5.75 Å². The zero-order chi connectivity index (χ0) is 19.9. The van der Waals surface area contributed by atoms with Crippen LogP contribution in [0.2, 0.25) is 0 Å². The van der Waals surface area contributed by atoms with Crippen molar-refractivity contribution in [3.63, 3.8) is 0 Å². The third kappa shape index (κ3) is 5.12. The molecule has 0 spiro atoms. The number of hydrogen-bond donors (Lipinski definition) is 2. The summed E-state index contributed by atoms with van der Waals surface area (Å²) in [6.07, 6.45) is 4.21. The monoisotopic (exact) mass is 385 g/mol. The van der Waals surface area contributed by atoms with Gasteiger partial charge in [0, 0.05) is 24.6 Å². The van der Waals surface area contributed by atoms with Crippen LogP contribution in [0.4, 0.5) is 0 Å². The van der Waals surface area contributed by atoms with Crippen molar-refractivity contribution in [2.45, 2.75) is 46.1 Å². The molecule has 0 unspecified atom stereocenters. The molecule has 1 aromatic heterocycles. The van der Waals surface area contributed by atoms with E-state index in [-0.39, 0.29) is 17.7 Å².